The molecule has 0 radical (unpaired) electrons. The molecule has 9 heavy (non-hydrogen) atoms. The van der Waals surface area contributed by atoms with Gasteiger partial charge in [0, 0.05) is 17.8 Å². The molecule has 0 saturated heterocycles. The fraction of sp³-hybridized carbons (Fsp3) is 1.00. The van der Waals surface area contributed by atoms with E-state index in [9.17, 15) is 0 Å². The van der Waals surface area contributed by atoms with E-state index in [0.29, 0.717) is 13.1 Å². The Labute approximate surface area is 61.4 Å². The van der Waals surface area contributed by atoms with E-state index >= 15 is 0 Å². The minimum absolute atomic E-state index is 0.0448. The summed E-state index contributed by atoms with van der Waals surface area (Å²) in [6, 6.07) is 0.0448. The fourth-order valence-corrected chi connectivity index (χ4v) is 0.709. The van der Waals surface area contributed by atoms with Crippen molar-refractivity contribution in [3.63, 3.8) is 0 Å². The zero-order valence-electron chi connectivity index (χ0n) is 5.46. The van der Waals surface area contributed by atoms with Gasteiger partial charge in [-0.2, -0.15) is 12.6 Å². The molecular weight excluding hydrogens is 134 g/mol. The molecule has 2 unspecified atom stereocenters. The molecule has 0 aliphatic heterocycles. The summed E-state index contributed by atoms with van der Waals surface area (Å²) < 4.78 is 0. The monoisotopic (exact) mass is 149 g/mol. The van der Waals surface area contributed by atoms with E-state index in [0.717, 1.165) is 6.42 Å². The summed E-state index contributed by atoms with van der Waals surface area (Å²) in [6.07, 6.45) is 0.797. The van der Waals surface area contributed by atoms with Gasteiger partial charge in [-0.1, -0.05) is 0 Å². The minimum atomic E-state index is 0.0448. The van der Waals surface area contributed by atoms with Crippen LogP contribution in [0.5, 0.6) is 0 Å². The first kappa shape index (κ1) is 9.23. The Morgan fingerprint density at radius 1 is 1.33 bits per heavy atom. The van der Waals surface area contributed by atoms with Crippen LogP contribution in [0.3, 0.4) is 0 Å². The lowest BCUT2D eigenvalue weighted by Crippen LogP contribution is -2.37. The number of thiol groups is 1. The van der Waals surface area contributed by atoms with Crippen molar-refractivity contribution in [2.75, 3.05) is 13.1 Å². The average molecular weight is 149 g/mol. The maximum absolute atomic E-state index is 5.60. The summed E-state index contributed by atoms with van der Waals surface area (Å²) in [5.41, 5.74) is 16.2. The second-order valence-electron chi connectivity index (χ2n) is 2.04. The van der Waals surface area contributed by atoms with Gasteiger partial charge in [-0.3, -0.25) is 0 Å². The van der Waals surface area contributed by atoms with E-state index in [1.54, 1.807) is 0 Å². The van der Waals surface area contributed by atoms with Crippen molar-refractivity contribution >= 4 is 12.6 Å². The maximum Gasteiger partial charge on any atom is 0.0291 e. The molecule has 0 rings (SSSR count). The first-order chi connectivity index (χ1) is 4.22. The third kappa shape index (κ3) is 3.75. The normalized spacial score (nSPS) is 17.3. The summed E-state index contributed by atoms with van der Waals surface area (Å²) >= 11 is 4.15. The van der Waals surface area contributed by atoms with Crippen LogP contribution in [-0.2, 0) is 0 Å². The van der Waals surface area contributed by atoms with Crippen molar-refractivity contribution in [1.29, 1.82) is 0 Å². The third-order valence-electron chi connectivity index (χ3n) is 1.24. The van der Waals surface area contributed by atoms with Crippen LogP contribution in [0.4, 0.5) is 0 Å². The lowest BCUT2D eigenvalue weighted by atomic mass is 10.1. The molecule has 0 aromatic rings. The van der Waals surface area contributed by atoms with E-state index in [2.05, 4.69) is 12.6 Å². The van der Waals surface area contributed by atoms with Gasteiger partial charge in [-0.25, -0.2) is 0 Å². The molecule has 0 aromatic carbocycles. The van der Waals surface area contributed by atoms with Gasteiger partial charge in [-0.05, 0) is 13.0 Å². The highest BCUT2D eigenvalue weighted by Gasteiger charge is 2.09. The van der Waals surface area contributed by atoms with E-state index in [1.165, 1.54) is 0 Å². The quantitative estimate of drug-likeness (QED) is 0.384. The van der Waals surface area contributed by atoms with Gasteiger partial charge in [-0.15, -0.1) is 0 Å². The predicted octanol–water partition coefficient (Wildman–Crippen LogP) is -1.08. The molecule has 0 aromatic heterocycles. The lowest BCUT2D eigenvalue weighted by Gasteiger charge is -2.15. The van der Waals surface area contributed by atoms with Crippen LogP contribution in [-0.4, -0.2) is 24.4 Å². The topological polar surface area (TPSA) is 78.1 Å². The van der Waals surface area contributed by atoms with Crippen molar-refractivity contribution in [2.45, 2.75) is 17.7 Å². The number of rotatable bonds is 4. The zero-order chi connectivity index (χ0) is 7.28. The Hall–Kier alpha value is 0.230. The molecule has 2 atom stereocenters. The van der Waals surface area contributed by atoms with E-state index < -0.39 is 0 Å². The van der Waals surface area contributed by atoms with Gasteiger partial charge in [0.15, 0.2) is 0 Å². The van der Waals surface area contributed by atoms with Gasteiger partial charge in [0.05, 0.1) is 0 Å². The second-order valence-corrected chi connectivity index (χ2v) is 2.71. The van der Waals surface area contributed by atoms with Crippen molar-refractivity contribution in [1.82, 2.24) is 0 Å². The summed E-state index contributed by atoms with van der Waals surface area (Å²) in [5.74, 6) is 0. The van der Waals surface area contributed by atoms with Crippen LogP contribution in [0.15, 0.2) is 0 Å². The molecule has 3 nitrogen and oxygen atoms in total. The Bertz CT molecular complexity index is 69.2. The van der Waals surface area contributed by atoms with Crippen molar-refractivity contribution in [3.8, 4) is 0 Å². The van der Waals surface area contributed by atoms with E-state index in [-0.39, 0.29) is 11.3 Å². The standard InChI is InChI=1S/C5H15N3S/c6-2-1-4(8)5(9)3-7/h4-5,9H,1-3,6-8H2. The van der Waals surface area contributed by atoms with E-state index in [4.69, 9.17) is 17.2 Å². The predicted molar refractivity (Wildman–Crippen MR) is 43.5 cm³/mol. The molecule has 0 spiro atoms. The minimum Gasteiger partial charge on any atom is -0.330 e. The molecule has 0 aliphatic rings. The molecule has 0 aliphatic carbocycles. The second kappa shape index (κ2) is 5.05. The van der Waals surface area contributed by atoms with Crippen LogP contribution >= 0.6 is 12.6 Å². The van der Waals surface area contributed by atoms with Crippen molar-refractivity contribution in [3.05, 3.63) is 0 Å². The van der Waals surface area contributed by atoms with Crippen molar-refractivity contribution < 1.29 is 0 Å². The Kier molecular flexibility index (Phi) is 5.18. The van der Waals surface area contributed by atoms with Crippen LogP contribution in [0, 0.1) is 0 Å². The summed E-state index contributed by atoms with van der Waals surface area (Å²) in [6.45, 7) is 1.13. The third-order valence-corrected chi connectivity index (χ3v) is 1.83. The number of nitrogens with two attached hydrogens (primary N) is 3. The highest BCUT2D eigenvalue weighted by molar-refractivity contribution is 7.81. The molecule has 0 bridgehead atoms. The number of hydrogen-bond acceptors (Lipinski definition) is 4. The van der Waals surface area contributed by atoms with Gasteiger partial charge in [0.25, 0.3) is 0 Å². The van der Waals surface area contributed by atoms with Gasteiger partial charge >= 0.3 is 0 Å². The summed E-state index contributed by atoms with van der Waals surface area (Å²) in [5, 5.41) is 0.0912. The number of hydrogen-bond donors (Lipinski definition) is 4. The molecule has 4 heteroatoms. The van der Waals surface area contributed by atoms with Crippen LogP contribution in [0.25, 0.3) is 0 Å². The molecule has 0 fully saturated rings. The first-order valence-corrected chi connectivity index (χ1v) is 3.57. The van der Waals surface area contributed by atoms with Gasteiger partial charge in [0.2, 0.25) is 0 Å². The molecule has 0 heterocycles. The summed E-state index contributed by atoms with van der Waals surface area (Å²) in [7, 11) is 0. The molecular formula is C5H15N3S. The van der Waals surface area contributed by atoms with Crippen LogP contribution in [0.1, 0.15) is 6.42 Å². The zero-order valence-corrected chi connectivity index (χ0v) is 6.35. The Morgan fingerprint density at radius 2 is 1.89 bits per heavy atom. The van der Waals surface area contributed by atoms with Crippen molar-refractivity contribution in [2.24, 2.45) is 17.2 Å². The summed E-state index contributed by atoms with van der Waals surface area (Å²) in [4.78, 5) is 0. The van der Waals surface area contributed by atoms with E-state index in [1.807, 2.05) is 0 Å². The molecule has 6 N–H and O–H groups in total. The maximum atomic E-state index is 5.60. The highest BCUT2D eigenvalue weighted by atomic mass is 32.1. The Balaban J connectivity index is 3.32. The fourth-order valence-electron chi connectivity index (χ4n) is 0.560. The molecule has 0 amide bonds. The highest BCUT2D eigenvalue weighted by Crippen LogP contribution is 1.99. The van der Waals surface area contributed by atoms with Crippen LogP contribution in [0.2, 0.25) is 0 Å². The lowest BCUT2D eigenvalue weighted by molar-refractivity contribution is 0.598. The average Bonchev–Trinajstić information content (AvgIpc) is 1.87. The first-order valence-electron chi connectivity index (χ1n) is 3.06. The van der Waals surface area contributed by atoms with Gasteiger partial charge < -0.3 is 17.2 Å². The molecule has 0 saturated carbocycles. The SMILES string of the molecule is NCCC(N)C(S)CN. The smallest absolute Gasteiger partial charge is 0.0291 e. The Morgan fingerprint density at radius 3 is 2.22 bits per heavy atom. The molecule has 56 valence electrons. The van der Waals surface area contributed by atoms with Gasteiger partial charge in [0.1, 0.15) is 0 Å². The van der Waals surface area contributed by atoms with Crippen LogP contribution < -0.4 is 17.2 Å². The largest absolute Gasteiger partial charge is 0.330 e.